The molecule has 2 unspecified atom stereocenters. The van der Waals surface area contributed by atoms with E-state index in [2.05, 4.69) is 0 Å². The van der Waals surface area contributed by atoms with E-state index in [1.165, 1.54) is 26.0 Å². The molecule has 1 amide bonds. The van der Waals surface area contributed by atoms with Crippen LogP contribution in [0.1, 0.15) is 29.6 Å². The van der Waals surface area contributed by atoms with Crippen molar-refractivity contribution in [3.8, 4) is 11.5 Å². The number of hydrogen-bond acceptors (Lipinski definition) is 7. The van der Waals surface area contributed by atoms with Gasteiger partial charge >= 0.3 is 5.97 Å². The maximum absolute atomic E-state index is 13.5. The lowest BCUT2D eigenvalue weighted by Crippen LogP contribution is -2.40. The number of ketones is 1. The zero-order valence-corrected chi connectivity index (χ0v) is 18.0. The lowest BCUT2D eigenvalue weighted by Gasteiger charge is -2.27. The van der Waals surface area contributed by atoms with Gasteiger partial charge in [-0.1, -0.05) is 0 Å². The molecule has 2 aliphatic rings. The summed E-state index contributed by atoms with van der Waals surface area (Å²) in [6, 6.07) is 4.78. The van der Waals surface area contributed by atoms with Gasteiger partial charge in [-0.05, 0) is 31.2 Å². The van der Waals surface area contributed by atoms with E-state index in [1.54, 1.807) is 29.4 Å². The first-order valence-corrected chi connectivity index (χ1v) is 10.9. The molecule has 8 nitrogen and oxygen atoms in total. The van der Waals surface area contributed by atoms with Crippen LogP contribution in [0.5, 0.6) is 11.5 Å². The van der Waals surface area contributed by atoms with Gasteiger partial charge in [-0.2, -0.15) is 0 Å². The van der Waals surface area contributed by atoms with Crippen LogP contribution in [0.15, 0.2) is 29.3 Å². The molecule has 30 heavy (non-hydrogen) atoms. The predicted octanol–water partition coefficient (Wildman–Crippen LogP) is 2.37. The number of carboxylic acid groups (broad SMARTS) is 1. The number of aliphatic carboxylic acids is 1. The molecule has 2 atom stereocenters. The average molecular weight is 435 g/mol. The SMILES string of the molecule is COc1ccc(C(=O)C2=C(CC(=O)O)C(=O)N(CC3CCCO3)C2SC)c(OC)c1. The van der Waals surface area contributed by atoms with E-state index in [-0.39, 0.29) is 22.8 Å². The number of nitrogens with zero attached hydrogens (tertiary/aromatic N) is 1. The van der Waals surface area contributed by atoms with Crippen LogP contribution in [0, 0.1) is 0 Å². The molecule has 0 saturated carbocycles. The van der Waals surface area contributed by atoms with Gasteiger partial charge in [0.1, 0.15) is 16.9 Å². The fourth-order valence-electron chi connectivity index (χ4n) is 3.83. The highest BCUT2D eigenvalue weighted by Crippen LogP contribution is 2.38. The van der Waals surface area contributed by atoms with Gasteiger partial charge in [-0.15, -0.1) is 11.8 Å². The van der Waals surface area contributed by atoms with E-state index in [0.717, 1.165) is 12.8 Å². The normalized spacial score (nSPS) is 21.3. The Morgan fingerprint density at radius 3 is 2.63 bits per heavy atom. The molecular formula is C21H25NO7S. The molecule has 0 spiro atoms. The minimum atomic E-state index is -1.16. The smallest absolute Gasteiger partial charge is 0.308 e. The molecule has 0 aliphatic carbocycles. The quantitative estimate of drug-likeness (QED) is 0.590. The zero-order chi connectivity index (χ0) is 21.8. The fraction of sp³-hybridized carbons (Fsp3) is 0.476. The second kappa shape index (κ2) is 9.53. The van der Waals surface area contributed by atoms with E-state index in [9.17, 15) is 19.5 Å². The predicted molar refractivity (Wildman–Crippen MR) is 111 cm³/mol. The Morgan fingerprint density at radius 1 is 1.30 bits per heavy atom. The van der Waals surface area contributed by atoms with Crippen LogP contribution in [-0.2, 0) is 14.3 Å². The van der Waals surface area contributed by atoms with E-state index in [1.807, 2.05) is 0 Å². The molecule has 1 aromatic rings. The van der Waals surface area contributed by atoms with Crippen LogP contribution in [0.3, 0.4) is 0 Å². The van der Waals surface area contributed by atoms with Crippen molar-refractivity contribution in [2.45, 2.75) is 30.7 Å². The molecule has 0 bridgehead atoms. The van der Waals surface area contributed by atoms with Crippen molar-refractivity contribution >= 4 is 29.4 Å². The summed E-state index contributed by atoms with van der Waals surface area (Å²) in [5, 5.41) is 8.78. The second-order valence-corrected chi connectivity index (χ2v) is 7.96. The monoisotopic (exact) mass is 435 g/mol. The molecule has 3 rings (SSSR count). The van der Waals surface area contributed by atoms with Crippen molar-refractivity contribution in [2.24, 2.45) is 0 Å². The third kappa shape index (κ3) is 4.32. The summed E-state index contributed by atoms with van der Waals surface area (Å²) >= 11 is 1.32. The van der Waals surface area contributed by atoms with Gasteiger partial charge in [0.05, 0.1) is 32.3 Å². The number of carbonyl (C=O) groups excluding carboxylic acids is 2. The number of carboxylic acids is 1. The third-order valence-electron chi connectivity index (χ3n) is 5.25. The maximum atomic E-state index is 13.5. The zero-order valence-electron chi connectivity index (χ0n) is 17.2. The van der Waals surface area contributed by atoms with Crippen molar-refractivity contribution in [1.29, 1.82) is 0 Å². The molecule has 1 N–H and O–H groups in total. The molecule has 0 aromatic heterocycles. The van der Waals surface area contributed by atoms with Crippen molar-refractivity contribution in [2.75, 3.05) is 33.6 Å². The molecule has 2 aliphatic heterocycles. The lowest BCUT2D eigenvalue weighted by molar-refractivity contribution is -0.137. The minimum Gasteiger partial charge on any atom is -0.497 e. The van der Waals surface area contributed by atoms with Gasteiger partial charge in [0.15, 0.2) is 5.78 Å². The topological polar surface area (TPSA) is 102 Å². The number of benzene rings is 1. The molecule has 1 saturated heterocycles. The van der Waals surface area contributed by atoms with Crippen molar-refractivity contribution in [3.05, 3.63) is 34.9 Å². The summed E-state index contributed by atoms with van der Waals surface area (Å²) in [6.45, 7) is 0.963. The minimum absolute atomic E-state index is 0.0164. The van der Waals surface area contributed by atoms with Crippen LogP contribution >= 0.6 is 11.8 Å². The van der Waals surface area contributed by atoms with Gasteiger partial charge in [-0.3, -0.25) is 14.4 Å². The Bertz CT molecular complexity index is 876. The second-order valence-electron chi connectivity index (χ2n) is 7.04. The summed E-state index contributed by atoms with van der Waals surface area (Å²) in [7, 11) is 2.94. The van der Waals surface area contributed by atoms with Gasteiger partial charge in [-0.25, -0.2) is 0 Å². The molecule has 1 aromatic carbocycles. The highest BCUT2D eigenvalue weighted by Gasteiger charge is 2.44. The maximum Gasteiger partial charge on any atom is 0.308 e. The van der Waals surface area contributed by atoms with E-state index in [4.69, 9.17) is 14.2 Å². The highest BCUT2D eigenvalue weighted by atomic mass is 32.2. The number of carbonyl (C=O) groups is 3. The molecular weight excluding hydrogens is 410 g/mol. The summed E-state index contributed by atoms with van der Waals surface area (Å²) in [6.07, 6.45) is 2.91. The number of hydrogen-bond donors (Lipinski definition) is 1. The largest absolute Gasteiger partial charge is 0.497 e. The van der Waals surface area contributed by atoms with Crippen molar-refractivity contribution in [1.82, 2.24) is 4.90 Å². The van der Waals surface area contributed by atoms with Gasteiger partial charge in [0, 0.05) is 30.4 Å². The number of thioether (sulfide) groups is 1. The standard InChI is InChI=1S/C21H25NO7S/c1-27-12-6-7-14(16(9-12)28-2)19(25)18-15(10-17(23)24)20(26)22(21(18)30-3)11-13-5-4-8-29-13/h6-7,9,13,21H,4-5,8,10-11H2,1-3H3,(H,23,24). The summed E-state index contributed by atoms with van der Waals surface area (Å²) < 4.78 is 16.2. The fourth-order valence-corrected chi connectivity index (χ4v) is 4.76. The molecule has 9 heteroatoms. The highest BCUT2D eigenvalue weighted by molar-refractivity contribution is 7.99. The van der Waals surface area contributed by atoms with Crippen molar-refractivity contribution in [3.63, 3.8) is 0 Å². The van der Waals surface area contributed by atoms with Crippen LogP contribution in [0.25, 0.3) is 0 Å². The lowest BCUT2D eigenvalue weighted by atomic mass is 9.97. The van der Waals surface area contributed by atoms with Crippen LogP contribution in [0.4, 0.5) is 0 Å². The Kier molecular flexibility index (Phi) is 7.04. The average Bonchev–Trinajstić information content (AvgIpc) is 3.34. The van der Waals surface area contributed by atoms with E-state index < -0.39 is 29.5 Å². The summed E-state index contributed by atoms with van der Waals surface area (Å²) in [5.74, 6) is -1.20. The van der Waals surface area contributed by atoms with Crippen molar-refractivity contribution < 1.29 is 33.7 Å². The first-order valence-electron chi connectivity index (χ1n) is 9.58. The van der Waals surface area contributed by atoms with E-state index >= 15 is 0 Å². The first-order chi connectivity index (χ1) is 14.4. The molecule has 162 valence electrons. The third-order valence-corrected chi connectivity index (χ3v) is 6.18. The van der Waals surface area contributed by atoms with Gasteiger partial charge < -0.3 is 24.2 Å². The molecule has 0 radical (unpaired) electrons. The van der Waals surface area contributed by atoms with Crippen LogP contribution in [0.2, 0.25) is 0 Å². The number of methoxy groups -OCH3 is 2. The van der Waals surface area contributed by atoms with Crippen LogP contribution in [-0.4, -0.2) is 72.8 Å². The van der Waals surface area contributed by atoms with Gasteiger partial charge in [0.25, 0.3) is 5.91 Å². The number of amides is 1. The molecule has 1 fully saturated rings. The Morgan fingerprint density at radius 2 is 2.07 bits per heavy atom. The Balaban J connectivity index is 2.02. The number of rotatable bonds is 9. The number of ether oxygens (including phenoxy) is 3. The van der Waals surface area contributed by atoms with E-state index in [0.29, 0.717) is 24.7 Å². The molecule has 2 heterocycles. The van der Waals surface area contributed by atoms with Gasteiger partial charge in [0.2, 0.25) is 0 Å². The number of Topliss-reactive ketones (excluding diaryl/α,β-unsaturated/α-hetero) is 1. The summed E-state index contributed by atoms with van der Waals surface area (Å²) in [4.78, 5) is 39.7. The Hall–Kier alpha value is -2.52. The summed E-state index contributed by atoms with van der Waals surface area (Å²) in [5.41, 5.74) is 0.459. The first kappa shape index (κ1) is 22.2. The van der Waals surface area contributed by atoms with Crippen LogP contribution < -0.4 is 9.47 Å². The Labute approximate surface area is 179 Å².